The molecule has 0 atom stereocenters. The second-order valence-corrected chi connectivity index (χ2v) is 20.1. The van der Waals surface area contributed by atoms with Crippen LogP contribution in [0.3, 0.4) is 0 Å². The largest absolute Gasteiger partial charge is 0.454 e. The Hall–Kier alpha value is -10.5. The molecule has 14 aromatic rings. The highest BCUT2D eigenvalue weighted by atomic mass is 16.3. The van der Waals surface area contributed by atoms with Gasteiger partial charge in [-0.15, -0.1) is 0 Å². The number of rotatable bonds is 12. The first-order chi connectivity index (χ1) is 39.2. The van der Waals surface area contributed by atoms with Crippen molar-refractivity contribution in [3.63, 3.8) is 0 Å². The fraction of sp³-hybridized carbons (Fsp3) is 0. The van der Waals surface area contributed by atoms with Crippen LogP contribution >= 0.6 is 0 Å². The van der Waals surface area contributed by atoms with Gasteiger partial charge in [-0.05, 0) is 162 Å². The molecule has 3 nitrogen and oxygen atoms in total. The maximum atomic E-state index is 7.16. The van der Waals surface area contributed by atoms with Crippen LogP contribution in [0.4, 0.5) is 34.1 Å². The number of hydrogen-bond donors (Lipinski definition) is 0. The molecule has 14 rings (SSSR count). The van der Waals surface area contributed by atoms with E-state index in [4.69, 9.17) is 4.42 Å². The number of para-hydroxylation sites is 2. The zero-order valence-electron chi connectivity index (χ0n) is 43.3. The number of nitrogens with zero attached hydrogens (tertiary/aromatic N) is 2. The van der Waals surface area contributed by atoms with Crippen LogP contribution in [0.2, 0.25) is 0 Å². The van der Waals surface area contributed by atoms with Gasteiger partial charge in [0, 0.05) is 39.2 Å². The summed E-state index contributed by atoms with van der Waals surface area (Å²) < 4.78 is 7.16. The molecule has 0 amide bonds. The molecule has 1 aromatic heterocycles. The smallest absolute Gasteiger partial charge is 0.159 e. The Morgan fingerprint density at radius 3 is 1.06 bits per heavy atom. The second kappa shape index (κ2) is 20.6. The van der Waals surface area contributed by atoms with Gasteiger partial charge in [-0.25, -0.2) is 0 Å². The topological polar surface area (TPSA) is 19.6 Å². The molecule has 0 saturated heterocycles. The van der Waals surface area contributed by atoms with Crippen molar-refractivity contribution in [3.05, 3.63) is 315 Å². The van der Waals surface area contributed by atoms with Crippen molar-refractivity contribution >= 4 is 66.8 Å². The van der Waals surface area contributed by atoms with Crippen LogP contribution in [0.15, 0.2) is 320 Å². The summed E-state index contributed by atoms with van der Waals surface area (Å²) >= 11 is 0. The summed E-state index contributed by atoms with van der Waals surface area (Å²) in [7, 11) is 0. The van der Waals surface area contributed by atoms with Gasteiger partial charge in [0.25, 0.3) is 0 Å². The first-order valence-corrected chi connectivity index (χ1v) is 27.0. The van der Waals surface area contributed by atoms with Crippen molar-refractivity contribution in [2.24, 2.45) is 0 Å². The Kier molecular flexibility index (Phi) is 12.2. The molecule has 0 fully saturated rings. The number of anilines is 6. The summed E-state index contributed by atoms with van der Waals surface area (Å²) in [4.78, 5) is 4.73. The van der Waals surface area contributed by atoms with Crippen LogP contribution in [0.1, 0.15) is 0 Å². The minimum absolute atomic E-state index is 0.806. The Bertz CT molecular complexity index is 4430. The third-order valence-corrected chi connectivity index (χ3v) is 15.2. The SMILES string of the molecule is c1ccc(-c2ccc(-c3ccc(N(c4ccccc4)c4cc(N(c5ccccc5)c5ccc(-c6ccc(-c7ccccc7)cc6-c6ccccc6)cc5)c5oc6cc7ccccc7cc6c5c4)cc3)c(-c3ccccc3)c2)cc1. The highest BCUT2D eigenvalue weighted by molar-refractivity contribution is 6.15. The van der Waals surface area contributed by atoms with E-state index in [1.807, 2.05) is 0 Å². The lowest BCUT2D eigenvalue weighted by Gasteiger charge is -2.30. The third kappa shape index (κ3) is 9.10. The summed E-state index contributed by atoms with van der Waals surface area (Å²) in [6.45, 7) is 0. The van der Waals surface area contributed by atoms with Crippen molar-refractivity contribution in [2.45, 2.75) is 0 Å². The van der Waals surface area contributed by atoms with Gasteiger partial charge in [-0.1, -0.05) is 231 Å². The second-order valence-electron chi connectivity index (χ2n) is 20.1. The standard InChI is InChI=1S/C76H52N2O/c1-7-21-53(22-8-1)61-39-45-68(70(47-61)55-25-11-3-12-26-55)57-35-41-65(42-36-57)77(63-31-15-5-16-32-63)67-51-73-72-49-59-29-19-20-30-60(59)50-75(72)79-76(73)74(52-67)78(64-33-17-6-18-34-64)66-43-37-58(38-44-66)69-46-40-62(54-23-9-2-10-24-54)48-71(69)56-27-13-4-14-28-56/h1-52H. The van der Waals surface area contributed by atoms with E-state index in [2.05, 4.69) is 325 Å². The van der Waals surface area contributed by atoms with E-state index >= 15 is 0 Å². The summed E-state index contributed by atoms with van der Waals surface area (Å²) in [5, 5.41) is 4.38. The number of furan rings is 1. The van der Waals surface area contributed by atoms with Gasteiger partial charge in [0.15, 0.2) is 5.58 Å². The molecule has 0 aliphatic carbocycles. The molecule has 0 N–H and O–H groups in total. The van der Waals surface area contributed by atoms with Crippen LogP contribution in [-0.4, -0.2) is 0 Å². The van der Waals surface area contributed by atoms with Gasteiger partial charge in [0.2, 0.25) is 0 Å². The van der Waals surface area contributed by atoms with Crippen molar-refractivity contribution in [3.8, 4) is 66.8 Å². The van der Waals surface area contributed by atoms with Gasteiger partial charge in [0.05, 0.1) is 5.69 Å². The minimum atomic E-state index is 0.806. The van der Waals surface area contributed by atoms with Crippen LogP contribution in [0.5, 0.6) is 0 Å². The molecule has 0 aliphatic rings. The quantitative estimate of drug-likeness (QED) is 0.122. The van der Waals surface area contributed by atoms with E-state index in [1.165, 1.54) is 55.6 Å². The predicted octanol–water partition coefficient (Wildman–Crippen LogP) is 21.7. The van der Waals surface area contributed by atoms with Crippen LogP contribution in [0, 0.1) is 0 Å². The normalized spacial score (nSPS) is 11.3. The molecule has 0 saturated carbocycles. The molecule has 372 valence electrons. The zero-order valence-corrected chi connectivity index (χ0v) is 43.3. The number of hydrogen-bond acceptors (Lipinski definition) is 3. The van der Waals surface area contributed by atoms with Gasteiger partial charge < -0.3 is 14.2 Å². The minimum Gasteiger partial charge on any atom is -0.454 e. The Labute approximate surface area is 460 Å². The van der Waals surface area contributed by atoms with E-state index in [0.717, 1.165) is 78.0 Å². The first kappa shape index (κ1) is 47.0. The van der Waals surface area contributed by atoms with E-state index in [-0.39, 0.29) is 0 Å². The van der Waals surface area contributed by atoms with Crippen molar-refractivity contribution in [2.75, 3.05) is 9.80 Å². The predicted molar refractivity (Wildman–Crippen MR) is 333 cm³/mol. The molecule has 79 heavy (non-hydrogen) atoms. The lowest BCUT2D eigenvalue weighted by molar-refractivity contribution is 0.669. The maximum absolute atomic E-state index is 7.16. The molecule has 0 spiro atoms. The highest BCUT2D eigenvalue weighted by Gasteiger charge is 2.25. The van der Waals surface area contributed by atoms with E-state index < -0.39 is 0 Å². The number of benzene rings is 13. The van der Waals surface area contributed by atoms with Crippen molar-refractivity contribution < 1.29 is 4.42 Å². The Morgan fingerprint density at radius 1 is 0.215 bits per heavy atom. The average molecular weight is 1010 g/mol. The van der Waals surface area contributed by atoms with Crippen molar-refractivity contribution in [1.29, 1.82) is 0 Å². The first-order valence-electron chi connectivity index (χ1n) is 27.0. The molecule has 3 heteroatoms. The lowest BCUT2D eigenvalue weighted by atomic mass is 9.91. The molecular formula is C76H52N2O. The van der Waals surface area contributed by atoms with Gasteiger partial charge in [-0.2, -0.15) is 0 Å². The van der Waals surface area contributed by atoms with Crippen LogP contribution in [0.25, 0.3) is 99.5 Å². The molecule has 1 heterocycles. The molecule has 0 aliphatic heterocycles. The third-order valence-electron chi connectivity index (χ3n) is 15.2. The van der Waals surface area contributed by atoms with Crippen LogP contribution in [-0.2, 0) is 0 Å². The molecule has 0 unspecified atom stereocenters. The Balaban J connectivity index is 0.936. The Morgan fingerprint density at radius 2 is 0.582 bits per heavy atom. The molecule has 0 radical (unpaired) electrons. The van der Waals surface area contributed by atoms with Gasteiger partial charge in [0.1, 0.15) is 5.58 Å². The molecule has 13 aromatic carbocycles. The van der Waals surface area contributed by atoms with E-state index in [0.29, 0.717) is 0 Å². The number of fused-ring (bicyclic) bond motifs is 4. The summed E-state index contributed by atoms with van der Waals surface area (Å²) in [5.41, 5.74) is 21.8. The van der Waals surface area contributed by atoms with E-state index in [9.17, 15) is 0 Å². The monoisotopic (exact) mass is 1010 g/mol. The average Bonchev–Trinajstić information content (AvgIpc) is 3.91. The van der Waals surface area contributed by atoms with E-state index in [1.54, 1.807) is 0 Å². The highest BCUT2D eigenvalue weighted by Crippen LogP contribution is 2.49. The maximum Gasteiger partial charge on any atom is 0.159 e. The van der Waals surface area contributed by atoms with Crippen LogP contribution < -0.4 is 9.80 Å². The van der Waals surface area contributed by atoms with Gasteiger partial charge >= 0.3 is 0 Å². The molecule has 0 bridgehead atoms. The summed E-state index contributed by atoms with van der Waals surface area (Å²) in [6, 6.07) is 113. The summed E-state index contributed by atoms with van der Waals surface area (Å²) in [6.07, 6.45) is 0. The van der Waals surface area contributed by atoms with Gasteiger partial charge in [-0.3, -0.25) is 0 Å². The van der Waals surface area contributed by atoms with Crippen molar-refractivity contribution in [1.82, 2.24) is 0 Å². The molecular weight excluding hydrogens is 957 g/mol. The zero-order chi connectivity index (χ0) is 52.5. The lowest BCUT2D eigenvalue weighted by Crippen LogP contribution is -2.13. The summed E-state index contributed by atoms with van der Waals surface area (Å²) in [5.74, 6) is 0. The fourth-order valence-electron chi connectivity index (χ4n) is 11.4. The fourth-order valence-corrected chi connectivity index (χ4v) is 11.4.